The number of rotatable bonds is 2. The second-order valence-corrected chi connectivity index (χ2v) is 7.19. The molecule has 0 aliphatic carbocycles. The lowest BCUT2D eigenvalue weighted by Crippen LogP contribution is -2.35. The van der Waals surface area contributed by atoms with E-state index in [-0.39, 0.29) is 11.8 Å². The Morgan fingerprint density at radius 2 is 1.54 bits per heavy atom. The number of amides is 2. The van der Waals surface area contributed by atoms with Crippen molar-refractivity contribution in [2.45, 2.75) is 32.6 Å². The van der Waals surface area contributed by atoms with Crippen LogP contribution in [0.1, 0.15) is 42.1 Å². The van der Waals surface area contributed by atoms with Crippen molar-refractivity contribution in [2.75, 3.05) is 24.5 Å². The molecule has 4 heteroatoms. The molecule has 0 unspecified atom stereocenters. The van der Waals surface area contributed by atoms with E-state index in [2.05, 4.69) is 12.1 Å². The molecular formula is C22H24N2O2. The van der Waals surface area contributed by atoms with Crippen molar-refractivity contribution in [2.24, 2.45) is 0 Å². The topological polar surface area (TPSA) is 40.6 Å². The van der Waals surface area contributed by atoms with Crippen LogP contribution in [-0.4, -0.2) is 36.3 Å². The van der Waals surface area contributed by atoms with Crippen molar-refractivity contribution in [1.82, 2.24) is 4.90 Å². The molecule has 4 nitrogen and oxygen atoms in total. The largest absolute Gasteiger partial charge is 0.339 e. The van der Waals surface area contributed by atoms with E-state index >= 15 is 0 Å². The van der Waals surface area contributed by atoms with Gasteiger partial charge in [0, 0.05) is 37.8 Å². The molecule has 1 fully saturated rings. The maximum absolute atomic E-state index is 12.6. The molecule has 4 rings (SSSR count). The maximum atomic E-state index is 12.6. The lowest BCUT2D eigenvalue weighted by molar-refractivity contribution is -0.116. The van der Waals surface area contributed by atoms with Crippen molar-refractivity contribution >= 4 is 17.5 Å². The summed E-state index contributed by atoms with van der Waals surface area (Å²) in [6, 6.07) is 14.2. The van der Waals surface area contributed by atoms with Crippen LogP contribution in [0.4, 0.5) is 5.69 Å². The number of hydrogen-bond acceptors (Lipinski definition) is 2. The van der Waals surface area contributed by atoms with E-state index in [9.17, 15) is 9.59 Å². The highest BCUT2D eigenvalue weighted by molar-refractivity contribution is 5.95. The maximum Gasteiger partial charge on any atom is 0.253 e. The number of piperidine rings is 1. The van der Waals surface area contributed by atoms with Gasteiger partial charge in [-0.25, -0.2) is 0 Å². The minimum atomic E-state index is 0.0945. The van der Waals surface area contributed by atoms with Crippen molar-refractivity contribution in [1.29, 1.82) is 0 Å². The number of hydrogen-bond donors (Lipinski definition) is 0. The van der Waals surface area contributed by atoms with Gasteiger partial charge in [-0.05, 0) is 66.6 Å². The summed E-state index contributed by atoms with van der Waals surface area (Å²) in [4.78, 5) is 28.1. The molecule has 0 aromatic heterocycles. The van der Waals surface area contributed by atoms with Crippen LogP contribution in [0.25, 0.3) is 11.1 Å². The fourth-order valence-electron chi connectivity index (χ4n) is 3.99. The van der Waals surface area contributed by atoms with Crippen LogP contribution < -0.4 is 4.90 Å². The first kappa shape index (κ1) is 16.8. The van der Waals surface area contributed by atoms with Crippen LogP contribution >= 0.6 is 0 Å². The second kappa shape index (κ2) is 6.94. The molecule has 2 aliphatic rings. The molecule has 2 aromatic carbocycles. The van der Waals surface area contributed by atoms with Crippen LogP contribution in [0.15, 0.2) is 42.5 Å². The third-order valence-electron chi connectivity index (χ3n) is 5.46. The molecule has 0 N–H and O–H groups in total. The minimum absolute atomic E-state index is 0.0945. The average molecular weight is 348 g/mol. The van der Waals surface area contributed by atoms with Crippen LogP contribution in [-0.2, 0) is 11.2 Å². The van der Waals surface area contributed by atoms with Gasteiger partial charge in [0.2, 0.25) is 5.91 Å². The van der Waals surface area contributed by atoms with E-state index in [1.807, 2.05) is 40.1 Å². The number of benzene rings is 2. The number of carbonyl (C=O) groups excluding carboxylic acids is 2. The molecule has 0 radical (unpaired) electrons. The smallest absolute Gasteiger partial charge is 0.253 e. The summed E-state index contributed by atoms with van der Waals surface area (Å²) in [5.74, 6) is 0.236. The second-order valence-electron chi connectivity index (χ2n) is 7.19. The van der Waals surface area contributed by atoms with Gasteiger partial charge >= 0.3 is 0 Å². The fraction of sp³-hybridized carbons (Fsp3) is 0.364. The van der Waals surface area contributed by atoms with Gasteiger partial charge in [0.25, 0.3) is 5.91 Å². The zero-order valence-electron chi connectivity index (χ0n) is 15.2. The Morgan fingerprint density at radius 1 is 0.846 bits per heavy atom. The SMILES string of the molecule is CC(=O)N1CCc2cc(-c3ccc(C(=O)N4CCCCC4)cc3)ccc21. The fourth-order valence-corrected chi connectivity index (χ4v) is 3.99. The Kier molecular flexibility index (Phi) is 4.49. The summed E-state index contributed by atoms with van der Waals surface area (Å²) < 4.78 is 0. The predicted octanol–water partition coefficient (Wildman–Crippen LogP) is 3.89. The molecule has 26 heavy (non-hydrogen) atoms. The summed E-state index contributed by atoms with van der Waals surface area (Å²) in [7, 11) is 0. The summed E-state index contributed by atoms with van der Waals surface area (Å²) >= 11 is 0. The Bertz CT molecular complexity index is 836. The van der Waals surface area contributed by atoms with Gasteiger partial charge in [0.15, 0.2) is 0 Å². The number of fused-ring (bicyclic) bond motifs is 1. The van der Waals surface area contributed by atoms with Crippen molar-refractivity contribution in [3.8, 4) is 11.1 Å². The number of anilines is 1. The first-order valence-electron chi connectivity index (χ1n) is 9.44. The summed E-state index contributed by atoms with van der Waals surface area (Å²) in [6.07, 6.45) is 4.34. The van der Waals surface area contributed by atoms with Gasteiger partial charge in [0.1, 0.15) is 0 Å². The highest BCUT2D eigenvalue weighted by Crippen LogP contribution is 2.32. The van der Waals surface area contributed by atoms with Gasteiger partial charge in [-0.2, -0.15) is 0 Å². The molecule has 2 heterocycles. The quantitative estimate of drug-likeness (QED) is 0.826. The van der Waals surface area contributed by atoms with Gasteiger partial charge in [-0.1, -0.05) is 18.2 Å². The third kappa shape index (κ3) is 3.12. The van der Waals surface area contributed by atoms with Gasteiger partial charge in [-0.3, -0.25) is 9.59 Å². The highest BCUT2D eigenvalue weighted by atomic mass is 16.2. The number of carbonyl (C=O) groups is 2. The van der Waals surface area contributed by atoms with Crippen LogP contribution in [0.3, 0.4) is 0 Å². The average Bonchev–Trinajstić information content (AvgIpc) is 3.12. The normalized spacial score (nSPS) is 16.5. The Balaban J connectivity index is 1.54. The Hall–Kier alpha value is -2.62. The van der Waals surface area contributed by atoms with E-state index in [0.29, 0.717) is 0 Å². The van der Waals surface area contributed by atoms with E-state index in [4.69, 9.17) is 0 Å². The number of nitrogens with zero attached hydrogens (tertiary/aromatic N) is 2. The van der Waals surface area contributed by atoms with Gasteiger partial charge < -0.3 is 9.80 Å². The summed E-state index contributed by atoms with van der Waals surface area (Å²) in [6.45, 7) is 4.12. The first-order valence-corrected chi connectivity index (χ1v) is 9.44. The molecule has 1 saturated heterocycles. The standard InChI is InChI=1S/C22H24N2O2/c1-16(25)24-14-11-20-15-19(9-10-21(20)24)17-5-7-18(8-6-17)22(26)23-12-3-2-4-13-23/h5-10,15H,2-4,11-14H2,1H3. The molecule has 0 saturated carbocycles. The van der Waals surface area contributed by atoms with Crippen molar-refractivity contribution in [3.63, 3.8) is 0 Å². The summed E-state index contributed by atoms with van der Waals surface area (Å²) in [5.41, 5.74) is 5.24. The Labute approximate surface area is 154 Å². The van der Waals surface area contributed by atoms with E-state index in [1.54, 1.807) is 6.92 Å². The molecule has 0 atom stereocenters. The lowest BCUT2D eigenvalue weighted by Gasteiger charge is -2.26. The van der Waals surface area contributed by atoms with Gasteiger partial charge in [0.05, 0.1) is 0 Å². The molecule has 2 amide bonds. The predicted molar refractivity (Wildman–Crippen MR) is 103 cm³/mol. The van der Waals surface area contributed by atoms with Gasteiger partial charge in [-0.15, -0.1) is 0 Å². The van der Waals surface area contributed by atoms with Crippen molar-refractivity contribution < 1.29 is 9.59 Å². The monoisotopic (exact) mass is 348 g/mol. The van der Waals surface area contributed by atoms with Crippen LogP contribution in [0, 0.1) is 0 Å². The molecule has 0 bridgehead atoms. The van der Waals surface area contributed by atoms with Crippen molar-refractivity contribution in [3.05, 3.63) is 53.6 Å². The molecular weight excluding hydrogens is 324 g/mol. The molecule has 134 valence electrons. The zero-order chi connectivity index (χ0) is 18.1. The third-order valence-corrected chi connectivity index (χ3v) is 5.46. The van der Waals surface area contributed by atoms with Crippen LogP contribution in [0.5, 0.6) is 0 Å². The zero-order valence-corrected chi connectivity index (χ0v) is 15.2. The minimum Gasteiger partial charge on any atom is -0.339 e. The Morgan fingerprint density at radius 3 is 2.23 bits per heavy atom. The van der Waals surface area contributed by atoms with Crippen LogP contribution in [0.2, 0.25) is 0 Å². The number of likely N-dealkylation sites (tertiary alicyclic amines) is 1. The summed E-state index contributed by atoms with van der Waals surface area (Å²) in [5, 5.41) is 0. The first-order chi connectivity index (χ1) is 12.6. The lowest BCUT2D eigenvalue weighted by atomic mass is 10.00. The molecule has 2 aromatic rings. The van der Waals surface area contributed by atoms with E-state index in [1.165, 1.54) is 12.0 Å². The highest BCUT2D eigenvalue weighted by Gasteiger charge is 2.22. The van der Waals surface area contributed by atoms with E-state index in [0.717, 1.165) is 61.3 Å². The van der Waals surface area contributed by atoms with E-state index < -0.39 is 0 Å². The molecule has 0 spiro atoms. The molecule has 2 aliphatic heterocycles.